The molecule has 2 aromatic rings. The zero-order chi connectivity index (χ0) is 22.2. The lowest BCUT2D eigenvalue weighted by Crippen LogP contribution is -2.28. The van der Waals surface area contributed by atoms with Crippen LogP contribution in [0.15, 0.2) is 77.4 Å². The van der Waals surface area contributed by atoms with Gasteiger partial charge in [0.25, 0.3) is 0 Å². The molecule has 8 nitrogen and oxygen atoms in total. The van der Waals surface area contributed by atoms with Gasteiger partial charge in [-0.05, 0) is 79.1 Å². The van der Waals surface area contributed by atoms with Gasteiger partial charge in [-0.25, -0.2) is 0 Å². The van der Waals surface area contributed by atoms with E-state index in [9.17, 15) is 4.79 Å². The number of amides is 1. The SMILES string of the molecule is C=COON1C(=O)C(=Cc2ccc(N=Nc3ccc(N(CC)CC)cc3)cc2)OC1=S. The number of ether oxygens (including phenoxy) is 1. The molecule has 0 bridgehead atoms. The molecule has 0 spiro atoms. The van der Waals surface area contributed by atoms with Crippen LogP contribution in [0.2, 0.25) is 0 Å². The maximum absolute atomic E-state index is 12.2. The van der Waals surface area contributed by atoms with Crippen LogP contribution >= 0.6 is 12.2 Å². The molecule has 1 heterocycles. The minimum absolute atomic E-state index is 0.0142. The number of hydrogen-bond acceptors (Lipinski definition) is 8. The smallest absolute Gasteiger partial charge is 0.324 e. The predicted octanol–water partition coefficient (Wildman–Crippen LogP) is 5.44. The topological polar surface area (TPSA) is 76.0 Å². The molecular formula is C22H22N4O4S. The Labute approximate surface area is 185 Å². The number of nitrogens with zero attached hydrogens (tertiary/aromatic N) is 4. The van der Waals surface area contributed by atoms with Gasteiger partial charge in [-0.1, -0.05) is 23.8 Å². The van der Waals surface area contributed by atoms with E-state index in [-0.39, 0.29) is 10.9 Å². The van der Waals surface area contributed by atoms with Crippen LogP contribution in [0.5, 0.6) is 0 Å². The minimum Gasteiger partial charge on any atom is -0.424 e. The number of carbonyl (C=O) groups is 1. The normalized spacial score (nSPS) is 14.9. The van der Waals surface area contributed by atoms with Gasteiger partial charge >= 0.3 is 11.1 Å². The Hall–Kier alpha value is -3.56. The second-order valence-electron chi connectivity index (χ2n) is 6.29. The fraction of sp³-hybridized carbons (Fsp3) is 0.182. The lowest BCUT2D eigenvalue weighted by molar-refractivity contribution is -0.352. The summed E-state index contributed by atoms with van der Waals surface area (Å²) < 4.78 is 5.25. The Kier molecular flexibility index (Phi) is 7.47. The minimum atomic E-state index is -0.580. The van der Waals surface area contributed by atoms with E-state index >= 15 is 0 Å². The van der Waals surface area contributed by atoms with Crippen molar-refractivity contribution in [3.63, 3.8) is 0 Å². The summed E-state index contributed by atoms with van der Waals surface area (Å²) in [5.74, 6) is -0.566. The summed E-state index contributed by atoms with van der Waals surface area (Å²) >= 11 is 4.93. The van der Waals surface area contributed by atoms with Crippen molar-refractivity contribution < 1.29 is 19.4 Å². The van der Waals surface area contributed by atoms with Crippen molar-refractivity contribution >= 4 is 46.4 Å². The number of anilines is 1. The third-order valence-corrected chi connectivity index (χ3v) is 4.64. The van der Waals surface area contributed by atoms with Crippen LogP contribution in [-0.4, -0.2) is 29.2 Å². The van der Waals surface area contributed by atoms with E-state index in [0.29, 0.717) is 5.69 Å². The van der Waals surface area contributed by atoms with E-state index in [4.69, 9.17) is 21.9 Å². The second kappa shape index (κ2) is 10.5. The van der Waals surface area contributed by atoms with Gasteiger partial charge in [0.15, 0.2) is 5.76 Å². The molecule has 0 atom stereocenters. The zero-order valence-electron chi connectivity index (χ0n) is 17.2. The highest BCUT2D eigenvalue weighted by molar-refractivity contribution is 7.80. The lowest BCUT2D eigenvalue weighted by Gasteiger charge is -2.20. The molecular weight excluding hydrogens is 416 g/mol. The summed E-state index contributed by atoms with van der Waals surface area (Å²) in [6.07, 6.45) is 2.56. The first kappa shape index (κ1) is 22.1. The molecule has 31 heavy (non-hydrogen) atoms. The number of benzene rings is 2. The first-order valence-electron chi connectivity index (χ1n) is 9.64. The number of carbonyl (C=O) groups excluding carboxylic acids is 1. The van der Waals surface area contributed by atoms with Crippen LogP contribution < -0.4 is 4.90 Å². The number of hydroxylamine groups is 2. The van der Waals surface area contributed by atoms with Gasteiger partial charge in [-0.2, -0.15) is 10.2 Å². The fourth-order valence-corrected chi connectivity index (χ4v) is 3.02. The molecule has 0 N–H and O–H groups in total. The standard InChI is InChI=1S/C22H22N4O4S/c1-4-25(5-2)19-13-11-18(12-14-19)24-23-17-9-7-16(8-10-17)15-20-21(27)26(22(31)29-20)30-28-6-3/h6-15H,3-5H2,1-2H3. The summed E-state index contributed by atoms with van der Waals surface area (Å²) in [5.41, 5.74) is 3.32. The number of rotatable bonds is 9. The van der Waals surface area contributed by atoms with Crippen LogP contribution in [0.25, 0.3) is 6.08 Å². The molecule has 0 aliphatic carbocycles. The van der Waals surface area contributed by atoms with Crippen molar-refractivity contribution in [1.82, 2.24) is 5.06 Å². The van der Waals surface area contributed by atoms with Crippen molar-refractivity contribution in [3.05, 3.63) is 72.7 Å². The van der Waals surface area contributed by atoms with Crippen molar-refractivity contribution in [2.45, 2.75) is 13.8 Å². The van der Waals surface area contributed by atoms with Crippen molar-refractivity contribution in [1.29, 1.82) is 0 Å². The van der Waals surface area contributed by atoms with Gasteiger partial charge in [0.1, 0.15) is 6.26 Å². The van der Waals surface area contributed by atoms with E-state index in [1.54, 1.807) is 30.3 Å². The Morgan fingerprint density at radius 1 is 1.06 bits per heavy atom. The van der Waals surface area contributed by atoms with Crippen LogP contribution in [-0.2, 0) is 19.4 Å². The van der Waals surface area contributed by atoms with Crippen molar-refractivity contribution in [3.8, 4) is 0 Å². The van der Waals surface area contributed by atoms with Crippen LogP contribution in [0, 0.1) is 0 Å². The molecule has 0 saturated carbocycles. The molecule has 0 aromatic heterocycles. The van der Waals surface area contributed by atoms with Gasteiger partial charge in [-0.15, -0.1) is 0 Å². The van der Waals surface area contributed by atoms with Crippen LogP contribution in [0.1, 0.15) is 19.4 Å². The maximum atomic E-state index is 12.2. The molecule has 2 aromatic carbocycles. The van der Waals surface area contributed by atoms with Crippen LogP contribution in [0.3, 0.4) is 0 Å². The monoisotopic (exact) mass is 438 g/mol. The molecule has 160 valence electrons. The first-order chi connectivity index (χ1) is 15.0. The van der Waals surface area contributed by atoms with E-state index in [2.05, 4.69) is 40.4 Å². The third kappa shape index (κ3) is 5.53. The average Bonchev–Trinajstić information content (AvgIpc) is 3.05. The van der Waals surface area contributed by atoms with Crippen molar-refractivity contribution in [2.75, 3.05) is 18.0 Å². The summed E-state index contributed by atoms with van der Waals surface area (Å²) in [6, 6.07) is 15.1. The van der Waals surface area contributed by atoms with E-state index in [1.165, 1.54) is 0 Å². The van der Waals surface area contributed by atoms with Crippen LogP contribution in [0.4, 0.5) is 17.1 Å². The largest absolute Gasteiger partial charge is 0.424 e. The molecule has 1 saturated heterocycles. The Balaban J connectivity index is 1.65. The predicted molar refractivity (Wildman–Crippen MR) is 121 cm³/mol. The maximum Gasteiger partial charge on any atom is 0.324 e. The van der Waals surface area contributed by atoms with Gasteiger partial charge in [0, 0.05) is 18.8 Å². The lowest BCUT2D eigenvalue weighted by atomic mass is 10.2. The van der Waals surface area contributed by atoms with E-state index in [0.717, 1.165) is 41.4 Å². The molecule has 9 heteroatoms. The highest BCUT2D eigenvalue weighted by Gasteiger charge is 2.36. The average molecular weight is 439 g/mol. The van der Waals surface area contributed by atoms with Gasteiger partial charge in [0.05, 0.1) is 11.4 Å². The molecule has 1 aliphatic heterocycles. The molecule has 0 radical (unpaired) electrons. The highest BCUT2D eigenvalue weighted by Crippen LogP contribution is 2.24. The number of hydrogen-bond donors (Lipinski definition) is 0. The molecule has 1 fully saturated rings. The quantitative estimate of drug-likeness (QED) is 0.130. The van der Waals surface area contributed by atoms with Gasteiger partial charge in [-0.3, -0.25) is 4.79 Å². The van der Waals surface area contributed by atoms with Crippen molar-refractivity contribution in [2.24, 2.45) is 10.2 Å². The molecule has 1 amide bonds. The van der Waals surface area contributed by atoms with E-state index < -0.39 is 5.91 Å². The number of azo groups is 1. The fourth-order valence-electron chi connectivity index (χ4n) is 2.81. The second-order valence-corrected chi connectivity index (χ2v) is 6.64. The highest BCUT2D eigenvalue weighted by atomic mass is 32.1. The Morgan fingerprint density at radius 3 is 2.19 bits per heavy atom. The van der Waals surface area contributed by atoms with Gasteiger partial charge < -0.3 is 14.5 Å². The first-order valence-corrected chi connectivity index (χ1v) is 10.1. The summed E-state index contributed by atoms with van der Waals surface area (Å²) in [4.78, 5) is 23.7. The zero-order valence-corrected chi connectivity index (χ0v) is 18.0. The number of thiocarbonyl (C=S) groups is 1. The molecule has 1 aliphatic rings. The Bertz CT molecular complexity index is 999. The van der Waals surface area contributed by atoms with E-state index in [1.807, 2.05) is 24.3 Å². The summed E-state index contributed by atoms with van der Waals surface area (Å²) in [5, 5.41) is 9.08. The molecule has 0 unspecified atom stereocenters. The van der Waals surface area contributed by atoms with Gasteiger partial charge in [0.2, 0.25) is 0 Å². The third-order valence-electron chi connectivity index (χ3n) is 4.39. The summed E-state index contributed by atoms with van der Waals surface area (Å²) in [7, 11) is 0. The Morgan fingerprint density at radius 2 is 1.65 bits per heavy atom. The summed E-state index contributed by atoms with van der Waals surface area (Å²) in [6.45, 7) is 9.48. The molecule has 3 rings (SSSR count).